The van der Waals surface area contributed by atoms with E-state index in [4.69, 9.17) is 19.9 Å². The summed E-state index contributed by atoms with van der Waals surface area (Å²) < 4.78 is 0. The molecular weight excluding hydrogens is 574 g/mol. The van der Waals surface area contributed by atoms with E-state index in [0.717, 1.165) is 84.6 Å². The van der Waals surface area contributed by atoms with Gasteiger partial charge in [-0.1, -0.05) is 123 Å². The lowest BCUT2D eigenvalue weighted by Gasteiger charge is -2.38. The summed E-state index contributed by atoms with van der Waals surface area (Å²) in [5.41, 5.74) is 13.1. The van der Waals surface area contributed by atoms with E-state index in [1.165, 1.54) is 0 Å². The predicted molar refractivity (Wildman–Crippen MR) is 194 cm³/mol. The summed E-state index contributed by atoms with van der Waals surface area (Å²) in [7, 11) is 0. The molecule has 0 fully saturated rings. The Balaban J connectivity index is 1.27. The molecule has 47 heavy (non-hydrogen) atoms. The van der Waals surface area contributed by atoms with Crippen molar-refractivity contribution in [3.05, 3.63) is 176 Å². The number of aliphatic imine (C=N–C) groups is 1. The predicted octanol–water partition coefficient (Wildman–Crippen LogP) is 10.2. The Morgan fingerprint density at radius 1 is 0.574 bits per heavy atom. The number of rotatable bonds is 6. The number of hydrogen-bond donors (Lipinski definition) is 0. The quantitative estimate of drug-likeness (QED) is 0.178. The van der Waals surface area contributed by atoms with Crippen molar-refractivity contribution in [1.29, 1.82) is 0 Å². The van der Waals surface area contributed by atoms with Gasteiger partial charge in [-0.05, 0) is 42.0 Å². The van der Waals surface area contributed by atoms with Gasteiger partial charge < -0.3 is 0 Å². The molecule has 0 atom stereocenters. The lowest BCUT2D eigenvalue weighted by molar-refractivity contribution is 1.12. The monoisotopic (exact) mass is 603 g/mol. The number of fused-ring (bicyclic) bond motifs is 7. The SMILES string of the molecule is C=C/C=C(\C=C)c1nc(-c2ccccc2)cc(-c2cccc(-c3ccc4c(c3)C3=Nc5ccccc5C(=C)N3c3ccccc3-4)n2)n1. The lowest BCUT2D eigenvalue weighted by atomic mass is 9.88. The van der Waals surface area contributed by atoms with Gasteiger partial charge >= 0.3 is 0 Å². The first kappa shape index (κ1) is 28.0. The number of para-hydroxylation sites is 2. The normalized spacial score (nSPS) is 13.1. The summed E-state index contributed by atoms with van der Waals surface area (Å²) in [5, 5.41) is 0. The van der Waals surface area contributed by atoms with Crippen LogP contribution in [0.25, 0.3) is 56.3 Å². The fourth-order valence-electron chi connectivity index (χ4n) is 6.25. The molecule has 0 saturated heterocycles. The number of benzene rings is 4. The Morgan fingerprint density at radius 2 is 1.32 bits per heavy atom. The first-order valence-electron chi connectivity index (χ1n) is 15.4. The summed E-state index contributed by atoms with van der Waals surface area (Å²) in [6, 6.07) is 41.2. The number of allylic oxidation sites excluding steroid dienone is 4. The molecule has 0 aliphatic carbocycles. The van der Waals surface area contributed by atoms with E-state index in [2.05, 4.69) is 73.2 Å². The van der Waals surface area contributed by atoms with Crippen LogP contribution in [0.5, 0.6) is 0 Å². The van der Waals surface area contributed by atoms with Crippen molar-refractivity contribution in [2.75, 3.05) is 4.90 Å². The Bertz CT molecular complexity index is 2310. The minimum absolute atomic E-state index is 0.562. The molecular formula is C42H29N5. The molecule has 0 bridgehead atoms. The van der Waals surface area contributed by atoms with E-state index in [-0.39, 0.29) is 0 Å². The van der Waals surface area contributed by atoms with Crippen molar-refractivity contribution in [3.8, 4) is 45.0 Å². The number of anilines is 1. The van der Waals surface area contributed by atoms with Crippen LogP contribution in [0, 0.1) is 0 Å². The fourth-order valence-corrected chi connectivity index (χ4v) is 6.25. The van der Waals surface area contributed by atoms with Crippen LogP contribution in [0.1, 0.15) is 17.0 Å². The first-order valence-corrected chi connectivity index (χ1v) is 15.4. The molecule has 0 unspecified atom stereocenters. The van der Waals surface area contributed by atoms with Crippen LogP contribution in [0.4, 0.5) is 11.4 Å². The molecule has 2 aliphatic heterocycles. The van der Waals surface area contributed by atoms with Crippen molar-refractivity contribution >= 4 is 28.5 Å². The van der Waals surface area contributed by atoms with Gasteiger partial charge in [0.05, 0.1) is 34.2 Å². The third-order valence-electron chi connectivity index (χ3n) is 8.50. The van der Waals surface area contributed by atoms with E-state index < -0.39 is 0 Å². The molecule has 2 aromatic heterocycles. The largest absolute Gasteiger partial charge is 0.294 e. The zero-order valence-corrected chi connectivity index (χ0v) is 25.6. The number of pyridine rings is 1. The van der Waals surface area contributed by atoms with Gasteiger partial charge in [0.2, 0.25) is 0 Å². The highest BCUT2D eigenvalue weighted by atomic mass is 15.2. The summed E-state index contributed by atoms with van der Waals surface area (Å²) in [4.78, 5) is 22.3. The maximum absolute atomic E-state index is 5.17. The average molecular weight is 604 g/mol. The van der Waals surface area contributed by atoms with Crippen LogP contribution < -0.4 is 4.90 Å². The van der Waals surface area contributed by atoms with Gasteiger partial charge in [0, 0.05) is 39.1 Å². The van der Waals surface area contributed by atoms with E-state index in [1.54, 1.807) is 12.2 Å². The van der Waals surface area contributed by atoms with Gasteiger partial charge in [0.15, 0.2) is 5.82 Å². The van der Waals surface area contributed by atoms with Crippen molar-refractivity contribution in [2.24, 2.45) is 4.99 Å². The van der Waals surface area contributed by atoms with Crippen LogP contribution in [0.3, 0.4) is 0 Å². The number of aromatic nitrogens is 3. The van der Waals surface area contributed by atoms with Crippen molar-refractivity contribution < 1.29 is 0 Å². The lowest BCUT2D eigenvalue weighted by Crippen LogP contribution is -2.35. The van der Waals surface area contributed by atoms with E-state index >= 15 is 0 Å². The van der Waals surface area contributed by atoms with Crippen LogP contribution in [0.15, 0.2) is 164 Å². The molecule has 0 radical (unpaired) electrons. The second kappa shape index (κ2) is 11.5. The second-order valence-corrected chi connectivity index (χ2v) is 11.3. The molecule has 0 N–H and O–H groups in total. The maximum Gasteiger partial charge on any atom is 0.160 e. The Kier molecular flexibility index (Phi) is 6.85. The molecule has 0 saturated carbocycles. The van der Waals surface area contributed by atoms with Crippen LogP contribution in [0.2, 0.25) is 0 Å². The zero-order valence-electron chi connectivity index (χ0n) is 25.6. The maximum atomic E-state index is 5.17. The summed E-state index contributed by atoms with van der Waals surface area (Å²) in [6.07, 6.45) is 5.32. The van der Waals surface area contributed by atoms with Crippen LogP contribution >= 0.6 is 0 Å². The van der Waals surface area contributed by atoms with Crippen LogP contribution in [-0.2, 0) is 0 Å². The third kappa shape index (κ3) is 4.82. The minimum Gasteiger partial charge on any atom is -0.294 e. The van der Waals surface area contributed by atoms with E-state index in [0.29, 0.717) is 5.82 Å². The Labute approximate surface area is 274 Å². The summed E-state index contributed by atoms with van der Waals surface area (Å²) in [5.74, 6) is 1.42. The Morgan fingerprint density at radius 3 is 2.15 bits per heavy atom. The van der Waals surface area contributed by atoms with E-state index in [1.807, 2.05) is 78.9 Å². The standard InChI is InChI=1S/C42H29N5/c1-4-14-28(5-2)41-44-38(29-15-7-6-8-16-29)26-39(45-41)37-21-13-20-35(43-37)30-23-24-32-33-18-10-12-22-40(33)47-27(3)31-17-9-11-19-36(31)46-42(47)34(32)25-30/h4-26H,1-3H2/b28-14+. The van der Waals surface area contributed by atoms with Gasteiger partial charge in [-0.25, -0.2) is 19.9 Å². The molecule has 2 aliphatic rings. The highest BCUT2D eigenvalue weighted by Gasteiger charge is 2.33. The highest BCUT2D eigenvalue weighted by molar-refractivity contribution is 6.27. The molecule has 0 spiro atoms. The topological polar surface area (TPSA) is 54.3 Å². The highest BCUT2D eigenvalue weighted by Crippen LogP contribution is 2.47. The molecule has 222 valence electrons. The van der Waals surface area contributed by atoms with Gasteiger partial charge in [-0.15, -0.1) is 0 Å². The van der Waals surface area contributed by atoms with Gasteiger partial charge in [0.1, 0.15) is 5.84 Å². The van der Waals surface area contributed by atoms with Gasteiger partial charge in [-0.2, -0.15) is 0 Å². The van der Waals surface area contributed by atoms with Gasteiger partial charge in [-0.3, -0.25) is 4.90 Å². The average Bonchev–Trinajstić information content (AvgIpc) is 3.14. The van der Waals surface area contributed by atoms with Crippen molar-refractivity contribution in [1.82, 2.24) is 15.0 Å². The minimum atomic E-state index is 0.562. The zero-order chi connectivity index (χ0) is 31.9. The smallest absolute Gasteiger partial charge is 0.160 e. The molecule has 4 heterocycles. The van der Waals surface area contributed by atoms with E-state index in [9.17, 15) is 0 Å². The molecule has 5 nitrogen and oxygen atoms in total. The number of hydrogen-bond acceptors (Lipinski definition) is 5. The number of amidine groups is 1. The second-order valence-electron chi connectivity index (χ2n) is 11.3. The van der Waals surface area contributed by atoms with Crippen molar-refractivity contribution in [2.45, 2.75) is 0 Å². The molecule has 5 heteroatoms. The Hall–Kier alpha value is -6.46. The molecule has 0 amide bonds. The third-order valence-corrected chi connectivity index (χ3v) is 8.50. The molecule has 4 aromatic carbocycles. The summed E-state index contributed by atoms with van der Waals surface area (Å²) >= 11 is 0. The fraction of sp³-hybridized carbons (Fsp3) is 0. The summed E-state index contributed by atoms with van der Waals surface area (Å²) in [6.45, 7) is 12.3. The number of nitrogens with zero attached hydrogens (tertiary/aromatic N) is 5. The molecule has 8 rings (SSSR count). The van der Waals surface area contributed by atoms with Crippen LogP contribution in [-0.4, -0.2) is 20.8 Å². The van der Waals surface area contributed by atoms with Crippen molar-refractivity contribution in [3.63, 3.8) is 0 Å². The molecule has 6 aromatic rings. The van der Waals surface area contributed by atoms with Gasteiger partial charge in [0.25, 0.3) is 0 Å². The first-order chi connectivity index (χ1) is 23.1.